The van der Waals surface area contributed by atoms with E-state index in [0.29, 0.717) is 23.8 Å². The maximum absolute atomic E-state index is 11.9. The van der Waals surface area contributed by atoms with E-state index in [1.807, 2.05) is 0 Å². The van der Waals surface area contributed by atoms with Gasteiger partial charge in [-0.15, -0.1) is 0 Å². The van der Waals surface area contributed by atoms with Gasteiger partial charge in [-0.3, -0.25) is 9.59 Å². The fourth-order valence-corrected chi connectivity index (χ4v) is 2.19. The van der Waals surface area contributed by atoms with Gasteiger partial charge in [0.15, 0.2) is 6.10 Å². The topological polar surface area (TPSA) is 64.6 Å². The predicted octanol–water partition coefficient (Wildman–Crippen LogP) is 1.71. The van der Waals surface area contributed by atoms with Crippen LogP contribution in [0.5, 0.6) is 5.75 Å². The number of amides is 1. The van der Waals surface area contributed by atoms with Crippen LogP contribution in [0.2, 0.25) is 5.02 Å². The zero-order valence-electron chi connectivity index (χ0n) is 11.1. The largest absolute Gasteiger partial charge is 0.480 e. The molecular weight excluding hydrogens is 282 g/mol. The van der Waals surface area contributed by atoms with Crippen LogP contribution in [-0.2, 0) is 20.7 Å². The normalized spacial score (nSPS) is 16.2. The van der Waals surface area contributed by atoms with Gasteiger partial charge in [0, 0.05) is 18.0 Å². The lowest BCUT2D eigenvalue weighted by Crippen LogP contribution is -2.38. The minimum Gasteiger partial charge on any atom is -0.480 e. The molecule has 0 aromatic heterocycles. The maximum Gasteiger partial charge on any atom is 0.307 e. The van der Waals surface area contributed by atoms with E-state index in [4.69, 9.17) is 21.1 Å². The third-order valence-electron chi connectivity index (χ3n) is 2.92. The Balaban J connectivity index is 1.80. The van der Waals surface area contributed by atoms with Crippen molar-refractivity contribution >= 4 is 23.5 Å². The Bertz CT molecular complexity index is 518. The molecule has 1 aromatic rings. The summed E-state index contributed by atoms with van der Waals surface area (Å²) in [6.07, 6.45) is 0.0808. The highest BCUT2D eigenvalue weighted by Gasteiger charge is 2.28. The average Bonchev–Trinajstić information content (AvgIpc) is 2.82. The lowest BCUT2D eigenvalue weighted by atomic mass is 10.1. The summed E-state index contributed by atoms with van der Waals surface area (Å²) in [5.41, 5.74) is 0.919. The molecular formula is C14H16ClNO4. The molecule has 0 bridgehead atoms. The molecule has 1 aromatic carbocycles. The molecule has 1 heterocycles. The summed E-state index contributed by atoms with van der Waals surface area (Å²) in [5.74, 6) is 0.122. The van der Waals surface area contributed by atoms with Crippen LogP contribution in [0.3, 0.4) is 0 Å². The van der Waals surface area contributed by atoms with Gasteiger partial charge < -0.3 is 14.8 Å². The van der Waals surface area contributed by atoms with Crippen molar-refractivity contribution in [1.29, 1.82) is 0 Å². The van der Waals surface area contributed by atoms with Gasteiger partial charge in [0.05, 0.1) is 13.0 Å². The van der Waals surface area contributed by atoms with Gasteiger partial charge in [0.25, 0.3) is 5.91 Å². The zero-order valence-corrected chi connectivity index (χ0v) is 11.9. The summed E-state index contributed by atoms with van der Waals surface area (Å²) < 4.78 is 10.3. The molecule has 0 radical (unpaired) electrons. The molecule has 0 saturated heterocycles. The van der Waals surface area contributed by atoms with Crippen LogP contribution in [0.15, 0.2) is 18.2 Å². The van der Waals surface area contributed by atoms with Gasteiger partial charge in [-0.25, -0.2) is 0 Å². The summed E-state index contributed by atoms with van der Waals surface area (Å²) in [6.45, 7) is 2.33. The third-order valence-corrected chi connectivity index (χ3v) is 3.16. The first-order chi connectivity index (χ1) is 9.60. The second-order valence-electron chi connectivity index (χ2n) is 4.41. The summed E-state index contributed by atoms with van der Waals surface area (Å²) in [7, 11) is 0. The molecule has 0 aliphatic carbocycles. The number of carbonyl (C=O) groups excluding carboxylic acids is 2. The summed E-state index contributed by atoms with van der Waals surface area (Å²) in [6, 6.07) is 5.27. The number of ether oxygens (including phenoxy) is 2. The van der Waals surface area contributed by atoms with E-state index in [2.05, 4.69) is 5.32 Å². The van der Waals surface area contributed by atoms with E-state index in [1.165, 1.54) is 0 Å². The summed E-state index contributed by atoms with van der Waals surface area (Å²) >= 11 is 5.89. The second kappa shape index (κ2) is 6.61. The standard InChI is InChI=1S/C14H16ClNO4/c1-2-19-13(17)5-6-16-14(18)12-8-9-7-10(15)3-4-11(9)20-12/h3-4,7,12H,2,5-6,8H2,1H3,(H,16,18). The molecule has 6 heteroatoms. The Hall–Kier alpha value is -1.75. The highest BCUT2D eigenvalue weighted by molar-refractivity contribution is 6.30. The molecule has 1 aliphatic heterocycles. The van der Waals surface area contributed by atoms with Crippen molar-refractivity contribution in [3.8, 4) is 5.75 Å². The number of nitrogens with one attached hydrogen (secondary N) is 1. The Morgan fingerprint density at radius 1 is 1.50 bits per heavy atom. The van der Waals surface area contributed by atoms with E-state index < -0.39 is 6.10 Å². The molecule has 108 valence electrons. The van der Waals surface area contributed by atoms with Crippen molar-refractivity contribution in [2.75, 3.05) is 13.2 Å². The quantitative estimate of drug-likeness (QED) is 0.840. The monoisotopic (exact) mass is 297 g/mol. The molecule has 0 spiro atoms. The number of esters is 1. The van der Waals surface area contributed by atoms with E-state index in [0.717, 1.165) is 5.56 Å². The molecule has 2 rings (SSSR count). The van der Waals surface area contributed by atoms with Crippen molar-refractivity contribution in [1.82, 2.24) is 5.32 Å². The van der Waals surface area contributed by atoms with Crippen LogP contribution in [-0.4, -0.2) is 31.1 Å². The van der Waals surface area contributed by atoms with Gasteiger partial charge in [-0.1, -0.05) is 11.6 Å². The Morgan fingerprint density at radius 2 is 2.30 bits per heavy atom. The Labute approximate surface area is 122 Å². The van der Waals surface area contributed by atoms with Gasteiger partial charge in [-0.2, -0.15) is 0 Å². The van der Waals surface area contributed by atoms with Crippen molar-refractivity contribution in [3.63, 3.8) is 0 Å². The highest BCUT2D eigenvalue weighted by atomic mass is 35.5. The van der Waals surface area contributed by atoms with E-state index >= 15 is 0 Å². The first kappa shape index (κ1) is 14.7. The van der Waals surface area contributed by atoms with Crippen LogP contribution in [0.25, 0.3) is 0 Å². The first-order valence-corrected chi connectivity index (χ1v) is 6.86. The summed E-state index contributed by atoms with van der Waals surface area (Å²) in [4.78, 5) is 23.1. The van der Waals surface area contributed by atoms with Gasteiger partial charge >= 0.3 is 5.97 Å². The van der Waals surface area contributed by atoms with Gasteiger partial charge in [-0.05, 0) is 30.7 Å². The number of benzene rings is 1. The zero-order chi connectivity index (χ0) is 14.5. The third kappa shape index (κ3) is 3.63. The SMILES string of the molecule is CCOC(=O)CCNC(=O)C1Cc2cc(Cl)ccc2O1. The number of hydrogen-bond acceptors (Lipinski definition) is 4. The molecule has 20 heavy (non-hydrogen) atoms. The highest BCUT2D eigenvalue weighted by Crippen LogP contribution is 2.31. The predicted molar refractivity (Wildman–Crippen MR) is 73.8 cm³/mol. The summed E-state index contributed by atoms with van der Waals surface area (Å²) in [5, 5.41) is 3.29. The molecule has 1 aliphatic rings. The van der Waals surface area contributed by atoms with Crippen molar-refractivity contribution in [2.45, 2.75) is 25.9 Å². The van der Waals surface area contributed by atoms with Crippen LogP contribution < -0.4 is 10.1 Å². The molecule has 1 atom stereocenters. The molecule has 1 N–H and O–H groups in total. The number of fused-ring (bicyclic) bond motifs is 1. The second-order valence-corrected chi connectivity index (χ2v) is 4.85. The van der Waals surface area contributed by atoms with Crippen molar-refractivity contribution in [3.05, 3.63) is 28.8 Å². The van der Waals surface area contributed by atoms with E-state index in [-0.39, 0.29) is 24.8 Å². The number of carbonyl (C=O) groups is 2. The van der Waals surface area contributed by atoms with E-state index in [1.54, 1.807) is 25.1 Å². The van der Waals surface area contributed by atoms with E-state index in [9.17, 15) is 9.59 Å². The smallest absolute Gasteiger partial charge is 0.307 e. The Morgan fingerprint density at radius 3 is 3.05 bits per heavy atom. The van der Waals surface area contributed by atoms with Crippen LogP contribution in [0.4, 0.5) is 0 Å². The molecule has 0 saturated carbocycles. The molecule has 5 nitrogen and oxygen atoms in total. The van der Waals surface area contributed by atoms with Crippen LogP contribution in [0.1, 0.15) is 18.9 Å². The molecule has 1 amide bonds. The lowest BCUT2D eigenvalue weighted by molar-refractivity contribution is -0.143. The van der Waals surface area contributed by atoms with Gasteiger partial charge in [0.2, 0.25) is 0 Å². The lowest BCUT2D eigenvalue weighted by Gasteiger charge is -2.10. The number of rotatable bonds is 5. The Kier molecular flexibility index (Phi) is 4.84. The van der Waals surface area contributed by atoms with Crippen LogP contribution >= 0.6 is 11.6 Å². The van der Waals surface area contributed by atoms with Crippen LogP contribution in [0, 0.1) is 0 Å². The maximum atomic E-state index is 11.9. The van der Waals surface area contributed by atoms with Crippen molar-refractivity contribution in [2.24, 2.45) is 0 Å². The van der Waals surface area contributed by atoms with Gasteiger partial charge in [0.1, 0.15) is 5.75 Å². The number of hydrogen-bond donors (Lipinski definition) is 1. The fraction of sp³-hybridized carbons (Fsp3) is 0.429. The average molecular weight is 298 g/mol. The minimum atomic E-state index is -0.564. The molecule has 1 unspecified atom stereocenters. The first-order valence-electron chi connectivity index (χ1n) is 6.48. The molecule has 0 fully saturated rings. The number of halogens is 1. The minimum absolute atomic E-state index is 0.158. The van der Waals surface area contributed by atoms with Crippen molar-refractivity contribution < 1.29 is 19.1 Å². The fourth-order valence-electron chi connectivity index (χ4n) is 2.00.